The van der Waals surface area contributed by atoms with Crippen LogP contribution in [0.2, 0.25) is 5.02 Å². The summed E-state index contributed by atoms with van der Waals surface area (Å²) < 4.78 is 26.3. The molecule has 10 heteroatoms. The van der Waals surface area contributed by atoms with Gasteiger partial charge in [-0.25, -0.2) is 8.42 Å². The van der Waals surface area contributed by atoms with Crippen LogP contribution in [0.4, 0.5) is 5.69 Å². The van der Waals surface area contributed by atoms with E-state index in [1.807, 2.05) is 6.92 Å². The second-order valence-electron chi connectivity index (χ2n) is 5.99. The molecule has 2 aromatic rings. The zero-order valence-corrected chi connectivity index (χ0v) is 16.6. The van der Waals surface area contributed by atoms with Crippen molar-refractivity contribution in [3.63, 3.8) is 0 Å². The van der Waals surface area contributed by atoms with Gasteiger partial charge in [-0.05, 0) is 37.5 Å². The summed E-state index contributed by atoms with van der Waals surface area (Å²) in [7, 11) is -3.31. The predicted octanol–water partition coefficient (Wildman–Crippen LogP) is 3.32. The molecule has 1 saturated heterocycles. The maximum absolute atomic E-state index is 12.4. The highest BCUT2D eigenvalue weighted by molar-refractivity contribution is 7.89. The lowest BCUT2D eigenvalue weighted by atomic mass is 10.2. The van der Waals surface area contributed by atoms with Gasteiger partial charge in [-0.15, -0.1) is 10.2 Å². The van der Waals surface area contributed by atoms with Crippen LogP contribution in [0.15, 0.2) is 24.3 Å². The molecule has 140 valence electrons. The molecule has 0 unspecified atom stereocenters. The summed E-state index contributed by atoms with van der Waals surface area (Å²) >= 11 is 7.04. The molecule has 2 heterocycles. The maximum Gasteiger partial charge on any atom is 0.286 e. The van der Waals surface area contributed by atoms with Crippen molar-refractivity contribution in [3.8, 4) is 0 Å². The molecule has 0 saturated carbocycles. The summed E-state index contributed by atoms with van der Waals surface area (Å²) in [5, 5.41) is 12.0. The Hall–Kier alpha value is -1.55. The first-order valence-corrected chi connectivity index (χ1v) is 11.1. The van der Waals surface area contributed by atoms with Crippen molar-refractivity contribution in [1.82, 2.24) is 14.5 Å². The minimum Gasteiger partial charge on any atom is -0.320 e. The van der Waals surface area contributed by atoms with Gasteiger partial charge in [0, 0.05) is 17.3 Å². The molecule has 1 aromatic carbocycles. The number of amides is 1. The van der Waals surface area contributed by atoms with E-state index in [-0.39, 0.29) is 16.8 Å². The van der Waals surface area contributed by atoms with Gasteiger partial charge in [0.2, 0.25) is 15.0 Å². The molecule has 7 nitrogen and oxygen atoms in total. The second kappa shape index (κ2) is 7.99. The summed E-state index contributed by atoms with van der Waals surface area (Å²) in [5.41, 5.74) is 0.562. The topological polar surface area (TPSA) is 92.3 Å². The SMILES string of the molecule is CCCS(=O)(=O)N1CCC[C@@H]1c1nnc(C(=O)Nc2cccc(Cl)c2)s1. The fourth-order valence-electron chi connectivity index (χ4n) is 2.91. The first-order valence-electron chi connectivity index (χ1n) is 8.30. The Morgan fingerprint density at radius 3 is 2.96 bits per heavy atom. The molecule has 1 N–H and O–H groups in total. The fourth-order valence-corrected chi connectivity index (χ4v) is 5.80. The summed E-state index contributed by atoms with van der Waals surface area (Å²) in [6.07, 6.45) is 2.03. The number of benzene rings is 1. The van der Waals surface area contributed by atoms with Gasteiger partial charge in [-0.1, -0.05) is 35.9 Å². The highest BCUT2D eigenvalue weighted by Gasteiger charge is 2.37. The van der Waals surface area contributed by atoms with Crippen molar-refractivity contribution in [2.24, 2.45) is 0 Å². The minimum absolute atomic E-state index is 0.115. The van der Waals surface area contributed by atoms with Gasteiger partial charge in [0.05, 0.1) is 11.8 Å². The Morgan fingerprint density at radius 2 is 2.23 bits per heavy atom. The number of nitrogens with one attached hydrogen (secondary N) is 1. The largest absolute Gasteiger partial charge is 0.320 e. The quantitative estimate of drug-likeness (QED) is 0.782. The van der Waals surface area contributed by atoms with Gasteiger partial charge >= 0.3 is 0 Å². The molecular weight excluding hydrogens is 396 g/mol. The van der Waals surface area contributed by atoms with Crippen LogP contribution in [-0.2, 0) is 10.0 Å². The van der Waals surface area contributed by atoms with Crippen molar-refractivity contribution in [2.45, 2.75) is 32.2 Å². The van der Waals surface area contributed by atoms with Crippen molar-refractivity contribution < 1.29 is 13.2 Å². The molecule has 0 radical (unpaired) electrons. The van der Waals surface area contributed by atoms with Crippen molar-refractivity contribution in [3.05, 3.63) is 39.3 Å². The first kappa shape index (κ1) is 19.2. The number of carbonyl (C=O) groups is 1. The van der Waals surface area contributed by atoms with Gasteiger partial charge in [0.15, 0.2) is 0 Å². The average Bonchev–Trinajstić information content (AvgIpc) is 3.24. The Morgan fingerprint density at radius 1 is 1.42 bits per heavy atom. The summed E-state index contributed by atoms with van der Waals surface area (Å²) in [6, 6.07) is 6.47. The molecule has 1 atom stereocenters. The van der Waals surface area contributed by atoms with Gasteiger partial charge in [-0.3, -0.25) is 4.79 Å². The monoisotopic (exact) mass is 414 g/mol. The highest BCUT2D eigenvalue weighted by Crippen LogP contribution is 2.36. The lowest BCUT2D eigenvalue weighted by molar-refractivity contribution is 0.102. The van der Waals surface area contributed by atoms with E-state index in [1.54, 1.807) is 24.3 Å². The Balaban J connectivity index is 1.75. The van der Waals surface area contributed by atoms with Crippen LogP contribution in [-0.4, -0.2) is 41.1 Å². The van der Waals surface area contributed by atoms with E-state index in [4.69, 9.17) is 11.6 Å². The third-order valence-electron chi connectivity index (χ3n) is 4.03. The van der Waals surface area contributed by atoms with Crippen LogP contribution in [0.1, 0.15) is 47.0 Å². The molecule has 1 aliphatic rings. The van der Waals surface area contributed by atoms with Crippen LogP contribution in [0.25, 0.3) is 0 Å². The van der Waals surface area contributed by atoms with Crippen molar-refractivity contribution >= 4 is 44.6 Å². The molecule has 26 heavy (non-hydrogen) atoms. The van der Waals surface area contributed by atoms with E-state index < -0.39 is 15.9 Å². The van der Waals surface area contributed by atoms with E-state index in [9.17, 15) is 13.2 Å². The smallest absolute Gasteiger partial charge is 0.286 e. The standard InChI is InChI=1S/C16H19ClN4O3S2/c1-2-9-26(23,24)21-8-4-7-13(21)15-19-20-16(25-15)14(22)18-12-6-3-5-11(17)10-12/h3,5-6,10,13H,2,4,7-9H2,1H3,(H,18,22)/t13-/m1/s1. The van der Waals surface area contributed by atoms with E-state index in [2.05, 4.69) is 15.5 Å². The molecule has 1 aromatic heterocycles. The number of anilines is 1. The minimum atomic E-state index is -3.31. The number of rotatable bonds is 6. The normalized spacial score (nSPS) is 18.2. The van der Waals surface area contributed by atoms with Crippen LogP contribution in [0.5, 0.6) is 0 Å². The predicted molar refractivity (Wildman–Crippen MR) is 102 cm³/mol. The van der Waals surface area contributed by atoms with Gasteiger partial charge in [0.25, 0.3) is 5.91 Å². The summed E-state index contributed by atoms with van der Waals surface area (Å²) in [4.78, 5) is 12.4. The molecular formula is C16H19ClN4O3S2. The molecule has 3 rings (SSSR count). The zero-order valence-electron chi connectivity index (χ0n) is 14.2. The number of hydrogen-bond acceptors (Lipinski definition) is 6. The average molecular weight is 415 g/mol. The molecule has 1 fully saturated rings. The van der Waals surface area contributed by atoms with E-state index in [1.165, 1.54) is 4.31 Å². The summed E-state index contributed by atoms with van der Waals surface area (Å²) in [6.45, 7) is 2.32. The highest BCUT2D eigenvalue weighted by atomic mass is 35.5. The van der Waals surface area contributed by atoms with Crippen LogP contribution >= 0.6 is 22.9 Å². The molecule has 0 spiro atoms. The molecule has 0 aliphatic carbocycles. The van der Waals surface area contributed by atoms with Crippen LogP contribution in [0, 0.1) is 0 Å². The van der Waals surface area contributed by atoms with Crippen LogP contribution < -0.4 is 5.32 Å². The molecule has 1 amide bonds. The molecule has 0 bridgehead atoms. The van der Waals surface area contributed by atoms with Crippen molar-refractivity contribution in [2.75, 3.05) is 17.6 Å². The Kier molecular flexibility index (Phi) is 5.91. The number of aromatic nitrogens is 2. The lowest BCUT2D eigenvalue weighted by Gasteiger charge is -2.21. The Labute approximate surface area is 161 Å². The van der Waals surface area contributed by atoms with E-state index in [0.717, 1.165) is 17.8 Å². The van der Waals surface area contributed by atoms with E-state index >= 15 is 0 Å². The third kappa shape index (κ3) is 4.22. The summed E-state index contributed by atoms with van der Waals surface area (Å²) in [5.74, 6) is -0.276. The number of carbonyl (C=O) groups excluding carboxylic acids is 1. The second-order valence-corrected chi connectivity index (χ2v) is 9.48. The number of sulfonamides is 1. The lowest BCUT2D eigenvalue weighted by Crippen LogP contribution is -2.32. The Bertz CT molecular complexity index is 900. The van der Waals surface area contributed by atoms with Gasteiger partial charge < -0.3 is 5.32 Å². The zero-order chi connectivity index (χ0) is 18.7. The number of halogens is 1. The fraction of sp³-hybridized carbons (Fsp3) is 0.438. The van der Waals surface area contributed by atoms with Crippen molar-refractivity contribution in [1.29, 1.82) is 0 Å². The first-order chi connectivity index (χ1) is 12.4. The molecule has 1 aliphatic heterocycles. The van der Waals surface area contributed by atoms with Gasteiger partial charge in [0.1, 0.15) is 5.01 Å². The van der Waals surface area contributed by atoms with E-state index in [0.29, 0.717) is 35.1 Å². The third-order valence-corrected chi connectivity index (χ3v) is 7.36. The number of hydrogen-bond donors (Lipinski definition) is 1. The van der Waals surface area contributed by atoms with Gasteiger partial charge in [-0.2, -0.15) is 4.31 Å². The number of nitrogens with zero attached hydrogens (tertiary/aromatic N) is 3. The maximum atomic E-state index is 12.4. The van der Waals surface area contributed by atoms with Crippen LogP contribution in [0.3, 0.4) is 0 Å².